The molecule has 3 atom stereocenters. The molecular weight excluding hydrogens is 388 g/mol. The smallest absolute Gasteiger partial charge is 0.248 e. The Morgan fingerprint density at radius 2 is 2.07 bits per heavy atom. The van der Waals surface area contributed by atoms with Crippen LogP contribution in [0.25, 0.3) is 11.3 Å². The molecule has 2 N–H and O–H groups in total. The molecule has 0 radical (unpaired) electrons. The van der Waals surface area contributed by atoms with Gasteiger partial charge in [0, 0.05) is 37.8 Å². The fourth-order valence-electron chi connectivity index (χ4n) is 3.70. The number of likely N-dealkylation sites (N-methyl/N-ethyl adjacent to an activating group) is 1. The highest BCUT2D eigenvalue weighted by Crippen LogP contribution is 2.35. The third-order valence-corrected chi connectivity index (χ3v) is 5.18. The van der Waals surface area contributed by atoms with Crippen molar-refractivity contribution >= 4 is 11.8 Å². The van der Waals surface area contributed by atoms with Crippen LogP contribution in [0.5, 0.6) is 5.88 Å². The molecule has 1 fully saturated rings. The lowest BCUT2D eigenvalue weighted by Crippen LogP contribution is -2.49. The Kier molecular flexibility index (Phi) is 6.06. The van der Waals surface area contributed by atoms with E-state index < -0.39 is 23.6 Å². The zero-order valence-corrected chi connectivity index (χ0v) is 17.9. The Hall–Kier alpha value is -3.01. The second-order valence-corrected chi connectivity index (χ2v) is 8.45. The second kappa shape index (κ2) is 8.39. The number of nitrogens with zero attached hydrogens (tertiary/aromatic N) is 5. The molecule has 1 saturated heterocycles. The van der Waals surface area contributed by atoms with Crippen LogP contribution in [-0.2, 0) is 9.59 Å². The number of rotatable bonds is 5. The highest BCUT2D eigenvalue weighted by Gasteiger charge is 2.45. The van der Waals surface area contributed by atoms with Gasteiger partial charge in [-0.2, -0.15) is 0 Å². The van der Waals surface area contributed by atoms with Gasteiger partial charge in [-0.3, -0.25) is 9.59 Å². The standard InChI is InChI=1S/C20H28N6O4/c1-20(2,3)17(19(29)25-10-13(27)8-15(25)18(28)21-4)26-11-14(23-24-26)12-6-7-16(30-5)22-9-12/h6-7,9,11,13,15,17,27H,8,10H2,1-5H3,(H,21,28)/t13-,15+,17-/m1/s1. The van der Waals surface area contributed by atoms with Crippen molar-refractivity contribution in [3.05, 3.63) is 24.5 Å². The number of amides is 2. The van der Waals surface area contributed by atoms with Crippen LogP contribution in [0, 0.1) is 5.41 Å². The van der Waals surface area contributed by atoms with E-state index in [0.717, 1.165) is 5.56 Å². The number of carbonyl (C=O) groups is 2. The third kappa shape index (κ3) is 4.28. The lowest BCUT2D eigenvalue weighted by molar-refractivity contribution is -0.144. The van der Waals surface area contributed by atoms with Crippen molar-refractivity contribution in [3.8, 4) is 17.1 Å². The topological polar surface area (TPSA) is 122 Å². The summed E-state index contributed by atoms with van der Waals surface area (Å²) in [5, 5.41) is 21.1. The summed E-state index contributed by atoms with van der Waals surface area (Å²) in [4.78, 5) is 31.4. The van der Waals surface area contributed by atoms with Crippen LogP contribution in [0.1, 0.15) is 33.2 Å². The van der Waals surface area contributed by atoms with Crippen molar-refractivity contribution in [3.63, 3.8) is 0 Å². The summed E-state index contributed by atoms with van der Waals surface area (Å²) >= 11 is 0. The number of aliphatic hydroxyl groups excluding tert-OH is 1. The van der Waals surface area contributed by atoms with Gasteiger partial charge < -0.3 is 20.1 Å². The molecular formula is C20H28N6O4. The maximum atomic E-state index is 13.5. The highest BCUT2D eigenvalue weighted by molar-refractivity contribution is 5.90. The minimum Gasteiger partial charge on any atom is -0.481 e. The maximum absolute atomic E-state index is 13.5. The van der Waals surface area contributed by atoms with E-state index >= 15 is 0 Å². The van der Waals surface area contributed by atoms with Crippen molar-refractivity contribution in [2.75, 3.05) is 20.7 Å². The molecule has 10 nitrogen and oxygen atoms in total. The Morgan fingerprint density at radius 3 is 2.63 bits per heavy atom. The van der Waals surface area contributed by atoms with Crippen molar-refractivity contribution in [1.82, 2.24) is 30.2 Å². The quantitative estimate of drug-likeness (QED) is 0.733. The fraction of sp³-hybridized carbons (Fsp3) is 0.550. The molecule has 1 aliphatic rings. The van der Waals surface area contributed by atoms with Gasteiger partial charge in [0.15, 0.2) is 0 Å². The fourth-order valence-corrected chi connectivity index (χ4v) is 3.70. The predicted molar refractivity (Wildman–Crippen MR) is 108 cm³/mol. The number of likely N-dealkylation sites (tertiary alicyclic amines) is 1. The molecule has 3 heterocycles. The van der Waals surface area contributed by atoms with Gasteiger partial charge in [0.1, 0.15) is 17.8 Å². The van der Waals surface area contributed by atoms with Crippen LogP contribution in [-0.4, -0.2) is 74.6 Å². The average molecular weight is 416 g/mol. The van der Waals surface area contributed by atoms with Crippen LogP contribution in [0.2, 0.25) is 0 Å². The number of hydrogen-bond acceptors (Lipinski definition) is 7. The first-order chi connectivity index (χ1) is 14.2. The molecule has 0 aromatic carbocycles. The largest absolute Gasteiger partial charge is 0.481 e. The molecule has 162 valence electrons. The minimum absolute atomic E-state index is 0.105. The van der Waals surface area contributed by atoms with Gasteiger partial charge in [0.05, 0.1) is 19.4 Å². The number of ether oxygens (including phenoxy) is 1. The Morgan fingerprint density at radius 1 is 1.33 bits per heavy atom. The zero-order chi connectivity index (χ0) is 22.1. The molecule has 1 aliphatic heterocycles. The van der Waals surface area contributed by atoms with E-state index in [9.17, 15) is 14.7 Å². The number of hydrogen-bond donors (Lipinski definition) is 2. The average Bonchev–Trinajstić information content (AvgIpc) is 3.33. The zero-order valence-electron chi connectivity index (χ0n) is 17.9. The van der Waals surface area contributed by atoms with Gasteiger partial charge in [-0.25, -0.2) is 9.67 Å². The molecule has 0 unspecified atom stereocenters. The maximum Gasteiger partial charge on any atom is 0.248 e. The molecule has 30 heavy (non-hydrogen) atoms. The first kappa shape index (κ1) is 21.7. The highest BCUT2D eigenvalue weighted by atomic mass is 16.5. The Labute approximate surface area is 175 Å². The number of β-amino-alcohol motifs (C(OH)–C–C–N with tert-alkyl or cyclic N) is 1. The minimum atomic E-state index is -0.742. The summed E-state index contributed by atoms with van der Waals surface area (Å²) < 4.78 is 6.59. The molecule has 3 rings (SSSR count). The Bertz CT molecular complexity index is 905. The van der Waals surface area contributed by atoms with Gasteiger partial charge >= 0.3 is 0 Å². The molecule has 2 aromatic heterocycles. The first-order valence-corrected chi connectivity index (χ1v) is 9.78. The van der Waals surface area contributed by atoms with Gasteiger partial charge in [0.2, 0.25) is 17.7 Å². The normalized spacial score (nSPS) is 20.1. The van der Waals surface area contributed by atoms with Crippen LogP contribution >= 0.6 is 0 Å². The Balaban J connectivity index is 1.92. The summed E-state index contributed by atoms with van der Waals surface area (Å²) in [6, 6.07) is 2.12. The third-order valence-electron chi connectivity index (χ3n) is 5.18. The van der Waals surface area contributed by atoms with Crippen LogP contribution < -0.4 is 10.1 Å². The summed E-state index contributed by atoms with van der Waals surface area (Å²) in [5.41, 5.74) is 0.791. The van der Waals surface area contributed by atoms with E-state index in [1.807, 2.05) is 26.8 Å². The predicted octanol–water partition coefficient (Wildman–Crippen LogP) is 0.644. The van der Waals surface area contributed by atoms with E-state index in [1.54, 1.807) is 25.6 Å². The number of carbonyl (C=O) groups excluding carboxylic acids is 2. The van der Waals surface area contributed by atoms with Gasteiger partial charge in [-0.1, -0.05) is 26.0 Å². The molecule has 0 aliphatic carbocycles. The number of nitrogens with one attached hydrogen (secondary N) is 1. The van der Waals surface area contributed by atoms with E-state index in [0.29, 0.717) is 11.6 Å². The number of pyridine rings is 1. The molecule has 10 heteroatoms. The monoisotopic (exact) mass is 416 g/mol. The SMILES string of the molecule is CNC(=O)[C@@H]1C[C@@H](O)CN1C(=O)[C@@H](n1cc(-c2ccc(OC)nc2)nn1)C(C)(C)C. The molecule has 0 saturated carbocycles. The molecule has 0 bridgehead atoms. The van der Waals surface area contributed by atoms with Gasteiger partial charge in [0.25, 0.3) is 0 Å². The van der Waals surface area contributed by atoms with E-state index in [1.165, 1.54) is 16.6 Å². The van der Waals surface area contributed by atoms with E-state index in [-0.39, 0.29) is 24.8 Å². The molecule has 0 spiro atoms. The number of aliphatic hydroxyl groups is 1. The summed E-state index contributed by atoms with van der Waals surface area (Å²) in [6.07, 6.45) is 2.79. The van der Waals surface area contributed by atoms with Crippen molar-refractivity contribution in [2.45, 2.75) is 45.4 Å². The van der Waals surface area contributed by atoms with Crippen molar-refractivity contribution in [1.29, 1.82) is 0 Å². The van der Waals surface area contributed by atoms with Crippen molar-refractivity contribution in [2.24, 2.45) is 5.41 Å². The van der Waals surface area contributed by atoms with Crippen molar-refractivity contribution < 1.29 is 19.4 Å². The second-order valence-electron chi connectivity index (χ2n) is 8.45. The number of methoxy groups -OCH3 is 1. The lowest BCUT2D eigenvalue weighted by Gasteiger charge is -2.34. The van der Waals surface area contributed by atoms with E-state index in [4.69, 9.17) is 4.74 Å². The van der Waals surface area contributed by atoms with Crippen LogP contribution in [0.15, 0.2) is 24.5 Å². The summed E-state index contributed by atoms with van der Waals surface area (Å²) in [6.45, 7) is 5.88. The number of aromatic nitrogens is 4. The lowest BCUT2D eigenvalue weighted by atomic mass is 9.85. The van der Waals surface area contributed by atoms with E-state index in [2.05, 4.69) is 20.6 Å². The van der Waals surface area contributed by atoms with Crippen LogP contribution in [0.3, 0.4) is 0 Å². The molecule has 2 amide bonds. The van der Waals surface area contributed by atoms with Gasteiger partial charge in [-0.15, -0.1) is 5.10 Å². The summed E-state index contributed by atoms with van der Waals surface area (Å²) in [5.74, 6) is -0.0881. The first-order valence-electron chi connectivity index (χ1n) is 9.78. The molecule has 2 aromatic rings. The summed E-state index contributed by atoms with van der Waals surface area (Å²) in [7, 11) is 3.06. The van der Waals surface area contributed by atoms with Crippen LogP contribution in [0.4, 0.5) is 0 Å². The van der Waals surface area contributed by atoms with Gasteiger partial charge in [-0.05, 0) is 11.5 Å².